The molecule has 0 heterocycles. The van der Waals surface area contributed by atoms with E-state index in [1.165, 1.54) is 40.5 Å². The smallest absolute Gasteiger partial charge is 0.308 e. The van der Waals surface area contributed by atoms with Crippen molar-refractivity contribution in [3.8, 4) is 0 Å². The van der Waals surface area contributed by atoms with Crippen molar-refractivity contribution in [2.24, 2.45) is 17.8 Å². The van der Waals surface area contributed by atoms with Gasteiger partial charge in [0.15, 0.2) is 0 Å². The number of rotatable bonds is 19. The topological polar surface area (TPSA) is 73.4 Å². The van der Waals surface area contributed by atoms with Gasteiger partial charge < -0.3 is 14.4 Å². The van der Waals surface area contributed by atoms with Gasteiger partial charge in [0.05, 0.1) is 13.0 Å². The molecule has 0 aromatic heterocycles. The van der Waals surface area contributed by atoms with Gasteiger partial charge >= 0.3 is 5.97 Å². The number of carbonyl (C=O) groups is 3. The number of methoxy groups -OCH3 is 1. The Hall–Kier alpha value is -6.19. The molecule has 0 saturated heterocycles. The highest BCUT2D eigenvalue weighted by molar-refractivity contribution is 5.79. The minimum atomic E-state index is -0.0585. The van der Waals surface area contributed by atoms with Crippen molar-refractivity contribution in [2.75, 3.05) is 20.7 Å². The van der Waals surface area contributed by atoms with Gasteiger partial charge in [0.25, 0.3) is 0 Å². The van der Waals surface area contributed by atoms with Crippen LogP contribution < -0.4 is 0 Å². The molecule has 3 unspecified atom stereocenters. The van der Waals surface area contributed by atoms with Crippen LogP contribution in [0.2, 0.25) is 0 Å². The number of hydrogen-bond acceptors (Lipinski definition) is 7. The Balaban J connectivity index is 0.000000159. The third-order valence-corrected chi connectivity index (χ3v) is 15.1. The van der Waals surface area contributed by atoms with Crippen molar-refractivity contribution in [3.05, 3.63) is 215 Å². The van der Waals surface area contributed by atoms with Crippen LogP contribution in [-0.4, -0.2) is 76.6 Å². The Morgan fingerprint density at radius 3 is 1.03 bits per heavy atom. The van der Waals surface area contributed by atoms with E-state index in [2.05, 4.69) is 185 Å². The quantitative estimate of drug-likeness (QED) is 0.0591. The fourth-order valence-corrected chi connectivity index (χ4v) is 10.9. The fourth-order valence-electron chi connectivity index (χ4n) is 10.9. The number of nitrogens with zero attached hydrogens (tertiary/aromatic N) is 4. The molecule has 0 radical (unpaired) electrons. The predicted molar refractivity (Wildman–Crippen MR) is 291 cm³/mol. The van der Waals surface area contributed by atoms with Crippen LogP contribution in [-0.2, 0) is 58.4 Å². The van der Waals surface area contributed by atoms with E-state index in [1.54, 1.807) is 0 Å². The molecule has 8 nitrogen and oxygen atoms in total. The highest BCUT2D eigenvalue weighted by Crippen LogP contribution is 2.34. The summed E-state index contributed by atoms with van der Waals surface area (Å²) in [5.74, 6) is 0.735. The summed E-state index contributed by atoms with van der Waals surface area (Å²) in [5, 5.41) is 0. The van der Waals surface area contributed by atoms with Gasteiger partial charge in [-0.2, -0.15) is 0 Å². The molecule has 6 atom stereocenters. The van der Waals surface area contributed by atoms with Crippen LogP contribution in [0.25, 0.3) is 0 Å². The Morgan fingerprint density at radius 1 is 0.444 bits per heavy atom. The molecule has 3 aliphatic carbocycles. The van der Waals surface area contributed by atoms with Gasteiger partial charge in [-0.15, -0.1) is 0 Å². The lowest BCUT2D eigenvalue weighted by Crippen LogP contribution is -2.35. The third kappa shape index (κ3) is 16.7. The monoisotopic (exact) mass is 967 g/mol. The van der Waals surface area contributed by atoms with E-state index < -0.39 is 0 Å². The molecule has 72 heavy (non-hydrogen) atoms. The first kappa shape index (κ1) is 53.6. The average Bonchev–Trinajstić information content (AvgIpc) is 4.25. The van der Waals surface area contributed by atoms with Crippen LogP contribution in [0.5, 0.6) is 0 Å². The molecule has 1 amide bonds. The number of ether oxygens (including phenoxy) is 1. The van der Waals surface area contributed by atoms with Gasteiger partial charge in [-0.1, -0.05) is 182 Å². The number of aldehydes is 1. The van der Waals surface area contributed by atoms with E-state index in [1.807, 2.05) is 31.0 Å². The average molecular weight is 967 g/mol. The summed E-state index contributed by atoms with van der Waals surface area (Å²) >= 11 is 0. The standard InChI is InChI=1S/C23H30N2O.C21H25NO2.C20H23NO/c1-3-24(2)23(26)21-14-15-22(16-21)25(17-19-10-6-4-7-11-19)18-20-12-8-5-9-13-20;1-24-21(23)19-12-13-20(14-19)22(15-17-8-4-2-5-9-17)16-18-10-6-3-7-11-18;22-16-19-11-12-20(13-19)21(14-17-7-3-1-4-8-17)15-18-9-5-2-6-10-18/h4-13,21-22H,3,14-18H2,1-2H3;2-11,19-20H,12-16H2,1H3;1-10,16,19-20H,11-15H2/t21?,22-;2*19?,20-/m000/s1. The van der Waals surface area contributed by atoms with E-state index in [0.29, 0.717) is 24.0 Å². The lowest BCUT2D eigenvalue weighted by atomic mass is 10.1. The molecule has 3 aliphatic rings. The first-order valence-electron chi connectivity index (χ1n) is 26.5. The van der Waals surface area contributed by atoms with Gasteiger partial charge in [0.2, 0.25) is 5.91 Å². The molecule has 0 bridgehead atoms. The van der Waals surface area contributed by atoms with Crippen LogP contribution in [0.4, 0.5) is 0 Å². The van der Waals surface area contributed by atoms with Crippen molar-refractivity contribution in [3.63, 3.8) is 0 Å². The molecular formula is C64H78N4O4. The minimum Gasteiger partial charge on any atom is -0.469 e. The van der Waals surface area contributed by atoms with Gasteiger partial charge in [0, 0.05) is 82.8 Å². The Labute approximate surface area is 431 Å². The molecule has 3 fully saturated rings. The van der Waals surface area contributed by atoms with Crippen LogP contribution in [0.3, 0.4) is 0 Å². The third-order valence-electron chi connectivity index (χ3n) is 15.1. The Kier molecular flexibility index (Phi) is 21.4. The molecule has 3 saturated carbocycles. The molecule has 0 aliphatic heterocycles. The molecule has 378 valence electrons. The maximum absolute atomic E-state index is 12.6. The lowest BCUT2D eigenvalue weighted by molar-refractivity contribution is -0.145. The molecule has 6 aromatic carbocycles. The predicted octanol–water partition coefficient (Wildman–Crippen LogP) is 12.4. The molecule has 8 heteroatoms. The first-order valence-corrected chi connectivity index (χ1v) is 26.5. The van der Waals surface area contributed by atoms with Gasteiger partial charge in [-0.3, -0.25) is 24.3 Å². The van der Waals surface area contributed by atoms with Crippen molar-refractivity contribution < 1.29 is 19.1 Å². The zero-order chi connectivity index (χ0) is 50.3. The Bertz CT molecular complexity index is 2340. The Morgan fingerprint density at radius 2 is 0.736 bits per heavy atom. The van der Waals surface area contributed by atoms with Crippen molar-refractivity contribution in [1.29, 1.82) is 0 Å². The number of hydrogen-bond donors (Lipinski definition) is 0. The highest BCUT2D eigenvalue weighted by atomic mass is 16.5. The lowest BCUT2D eigenvalue weighted by Gasteiger charge is -2.29. The van der Waals surface area contributed by atoms with Crippen LogP contribution in [0, 0.1) is 17.8 Å². The summed E-state index contributed by atoms with van der Waals surface area (Å²) in [6.07, 6.45) is 10.3. The normalized spacial score (nSPS) is 20.3. The minimum absolute atomic E-state index is 0.0500. The summed E-state index contributed by atoms with van der Waals surface area (Å²) in [5.41, 5.74) is 7.98. The maximum Gasteiger partial charge on any atom is 0.308 e. The summed E-state index contributed by atoms with van der Waals surface area (Å²) in [7, 11) is 3.41. The van der Waals surface area contributed by atoms with Crippen molar-refractivity contribution >= 4 is 18.2 Å². The van der Waals surface area contributed by atoms with Crippen molar-refractivity contribution in [1.82, 2.24) is 19.6 Å². The number of esters is 1. The second-order valence-electron chi connectivity index (χ2n) is 20.2. The maximum atomic E-state index is 12.6. The number of benzene rings is 6. The largest absolute Gasteiger partial charge is 0.469 e. The molecular weight excluding hydrogens is 889 g/mol. The van der Waals surface area contributed by atoms with E-state index in [0.717, 1.165) is 110 Å². The van der Waals surface area contributed by atoms with E-state index in [4.69, 9.17) is 4.74 Å². The number of carbonyl (C=O) groups excluding carboxylic acids is 3. The van der Waals surface area contributed by atoms with Crippen LogP contribution in [0.15, 0.2) is 182 Å². The zero-order valence-corrected chi connectivity index (χ0v) is 43.1. The summed E-state index contributed by atoms with van der Waals surface area (Å²) in [6.45, 7) is 8.43. The van der Waals surface area contributed by atoms with Crippen molar-refractivity contribution in [2.45, 2.75) is 122 Å². The SMILES string of the molecule is CCN(C)C(=O)C1CC[C@H](N(Cc2ccccc2)Cc2ccccc2)C1.COC(=O)C1CC[C@H](N(Cc2ccccc2)Cc2ccccc2)C1.O=CC1CC[C@H](N(Cc2ccccc2)Cc2ccccc2)C1. The van der Waals surface area contributed by atoms with Gasteiger partial charge in [0.1, 0.15) is 6.29 Å². The zero-order valence-electron chi connectivity index (χ0n) is 43.1. The van der Waals surface area contributed by atoms with E-state index in [9.17, 15) is 14.4 Å². The van der Waals surface area contributed by atoms with E-state index in [-0.39, 0.29) is 23.7 Å². The second-order valence-corrected chi connectivity index (χ2v) is 20.2. The van der Waals surface area contributed by atoms with Gasteiger partial charge in [-0.05, 0) is 98.1 Å². The fraction of sp³-hybridized carbons (Fsp3) is 0.391. The van der Waals surface area contributed by atoms with E-state index >= 15 is 0 Å². The first-order chi connectivity index (χ1) is 35.3. The van der Waals surface area contributed by atoms with Gasteiger partial charge in [-0.25, -0.2) is 0 Å². The second kappa shape index (κ2) is 28.7. The summed E-state index contributed by atoms with van der Waals surface area (Å²) in [4.78, 5) is 45.0. The highest BCUT2D eigenvalue weighted by Gasteiger charge is 2.36. The molecule has 0 N–H and O–H groups in total. The molecule has 0 spiro atoms. The summed E-state index contributed by atoms with van der Waals surface area (Å²) < 4.78 is 4.94. The number of amides is 1. The molecule has 9 rings (SSSR count). The summed E-state index contributed by atoms with van der Waals surface area (Å²) in [6, 6.07) is 65.1. The van der Waals surface area contributed by atoms with Crippen LogP contribution in [0.1, 0.15) is 98.1 Å². The molecule has 6 aromatic rings. The van der Waals surface area contributed by atoms with Crippen LogP contribution >= 0.6 is 0 Å².